The maximum Gasteiger partial charge on any atom is 0.480 e. The first-order valence-corrected chi connectivity index (χ1v) is 16.9. The molecule has 1 rings (SSSR count). The van der Waals surface area contributed by atoms with Crippen molar-refractivity contribution >= 4 is 45.5 Å². The van der Waals surface area contributed by atoms with Gasteiger partial charge >= 0.3 is 36.2 Å². The third-order valence-corrected chi connectivity index (χ3v) is 19.3. The molecular weight excluding hydrogens is 337 g/mol. The van der Waals surface area contributed by atoms with Gasteiger partial charge in [-0.15, -0.1) is 0 Å². The molecule has 1 aliphatic heterocycles. The molecule has 114 valence electrons. The van der Waals surface area contributed by atoms with E-state index in [-0.39, 0.29) is 0 Å². The van der Waals surface area contributed by atoms with Crippen molar-refractivity contribution in [3.8, 4) is 0 Å². The molecule has 1 aliphatic rings. The highest BCUT2D eigenvalue weighted by atomic mass is 28.5. The molecule has 4 atom stereocenters. The van der Waals surface area contributed by atoms with Crippen LogP contribution in [-0.2, 0) is 29.4 Å². The summed E-state index contributed by atoms with van der Waals surface area (Å²) in [6, 6.07) is 0. The normalized spacial score (nSPS) is 45.9. The zero-order valence-corrected chi connectivity index (χ0v) is 18.1. The zero-order chi connectivity index (χ0) is 14.7. The van der Waals surface area contributed by atoms with Crippen LogP contribution in [0.3, 0.4) is 0 Å². The lowest BCUT2D eigenvalue weighted by Gasteiger charge is -2.38. The van der Waals surface area contributed by atoms with Crippen LogP contribution in [0.5, 0.6) is 0 Å². The second-order valence-electron chi connectivity index (χ2n) is 4.45. The van der Waals surface area contributed by atoms with Gasteiger partial charge in [-0.2, -0.15) is 0 Å². The molecule has 0 radical (unpaired) electrons. The van der Waals surface area contributed by atoms with Crippen LogP contribution in [0.4, 0.5) is 0 Å². The van der Waals surface area contributed by atoms with Crippen LogP contribution in [0, 0.1) is 0 Å². The largest absolute Gasteiger partial charge is 0.480 e. The Morgan fingerprint density at radius 3 is 1.42 bits per heavy atom. The lowest BCUT2D eigenvalue weighted by atomic mass is 11.8. The van der Waals surface area contributed by atoms with Gasteiger partial charge in [0.05, 0.1) is 0 Å². The summed E-state index contributed by atoms with van der Waals surface area (Å²) in [5, 5.41) is 0. The molecule has 0 aromatic rings. The first-order valence-electron chi connectivity index (χ1n) is 6.19. The summed E-state index contributed by atoms with van der Waals surface area (Å²) in [5.74, 6) is 0. The summed E-state index contributed by atoms with van der Waals surface area (Å²) in [4.78, 5) is 0. The Balaban J connectivity index is 2.94. The van der Waals surface area contributed by atoms with Crippen molar-refractivity contribution in [2.24, 2.45) is 0 Å². The van der Waals surface area contributed by atoms with Crippen molar-refractivity contribution in [2.75, 3.05) is 14.2 Å². The molecule has 0 amide bonds. The van der Waals surface area contributed by atoms with Gasteiger partial charge < -0.3 is 29.4 Å². The molecule has 0 aromatic carbocycles. The van der Waals surface area contributed by atoms with Crippen molar-refractivity contribution in [3.05, 3.63) is 0 Å². The first-order chi connectivity index (χ1) is 8.72. The molecule has 0 bridgehead atoms. The minimum absolute atomic E-state index is 1.59. The predicted octanol–water partition coefficient (Wildman–Crippen LogP) is 0.0641. The standard InChI is InChI=1S/C7H24O7Si5/c1-8-18(6)12-16(4)10-15(3)11-17(5)13-19(7,9-2)14-18/h15-17H,1-7H3. The second-order valence-corrected chi connectivity index (χ2v) is 17.0. The Bertz CT molecular complexity index is 273. The Morgan fingerprint density at radius 1 is 0.737 bits per heavy atom. The first kappa shape index (κ1) is 17.9. The molecule has 19 heavy (non-hydrogen) atoms. The summed E-state index contributed by atoms with van der Waals surface area (Å²) < 4.78 is 40.4. The summed E-state index contributed by atoms with van der Waals surface area (Å²) in [5.41, 5.74) is 0. The van der Waals surface area contributed by atoms with E-state index in [1.165, 1.54) is 0 Å². The minimum Gasteiger partial charge on any atom is -0.420 e. The number of hydrogen-bond acceptors (Lipinski definition) is 7. The van der Waals surface area contributed by atoms with E-state index >= 15 is 0 Å². The summed E-state index contributed by atoms with van der Waals surface area (Å²) in [6.07, 6.45) is 0. The molecule has 0 aliphatic carbocycles. The van der Waals surface area contributed by atoms with Crippen LogP contribution in [0.2, 0.25) is 32.7 Å². The summed E-state index contributed by atoms with van der Waals surface area (Å²) in [6.45, 7) is 9.59. The van der Waals surface area contributed by atoms with E-state index in [1.807, 2.05) is 32.7 Å². The van der Waals surface area contributed by atoms with Crippen LogP contribution in [-0.4, -0.2) is 59.7 Å². The highest BCUT2D eigenvalue weighted by molar-refractivity contribution is 6.81. The smallest absolute Gasteiger partial charge is 0.420 e. The monoisotopic (exact) mass is 360 g/mol. The molecule has 1 saturated heterocycles. The van der Waals surface area contributed by atoms with Gasteiger partial charge in [0.2, 0.25) is 0 Å². The highest BCUT2D eigenvalue weighted by Gasteiger charge is 2.49. The number of hydrogen-bond donors (Lipinski definition) is 0. The zero-order valence-electron chi connectivity index (χ0n) is 12.6. The Labute approximate surface area is 122 Å². The van der Waals surface area contributed by atoms with E-state index in [4.69, 9.17) is 29.4 Å². The lowest BCUT2D eigenvalue weighted by Crippen LogP contribution is -2.60. The van der Waals surface area contributed by atoms with E-state index in [9.17, 15) is 0 Å². The van der Waals surface area contributed by atoms with Crippen molar-refractivity contribution in [1.82, 2.24) is 0 Å². The maximum absolute atomic E-state index is 5.99. The van der Waals surface area contributed by atoms with Gasteiger partial charge in [-0.3, -0.25) is 0 Å². The summed E-state index contributed by atoms with van der Waals surface area (Å²) >= 11 is 0. The quantitative estimate of drug-likeness (QED) is 0.645. The lowest BCUT2D eigenvalue weighted by molar-refractivity contribution is 0.123. The molecule has 1 heterocycles. The van der Waals surface area contributed by atoms with Crippen molar-refractivity contribution in [2.45, 2.75) is 32.7 Å². The van der Waals surface area contributed by atoms with E-state index < -0.39 is 45.5 Å². The molecule has 12 heteroatoms. The van der Waals surface area contributed by atoms with E-state index in [0.717, 1.165) is 0 Å². The molecule has 4 unspecified atom stereocenters. The minimum atomic E-state index is -2.79. The average molecular weight is 361 g/mol. The van der Waals surface area contributed by atoms with Gasteiger partial charge in [-0.05, 0) is 19.6 Å². The SMILES string of the molecule is CO[Si]1(C)O[SiH](C)O[SiH](C)O[SiH](C)O[Si](C)(OC)O1. The molecule has 1 fully saturated rings. The fraction of sp³-hybridized carbons (Fsp3) is 1.00. The van der Waals surface area contributed by atoms with Crippen LogP contribution < -0.4 is 0 Å². The van der Waals surface area contributed by atoms with Gasteiger partial charge in [0.25, 0.3) is 9.28 Å². The van der Waals surface area contributed by atoms with E-state index in [0.29, 0.717) is 0 Å². The van der Waals surface area contributed by atoms with Crippen molar-refractivity contribution in [3.63, 3.8) is 0 Å². The third-order valence-electron chi connectivity index (χ3n) is 2.64. The average Bonchev–Trinajstić information content (AvgIpc) is 2.26. The van der Waals surface area contributed by atoms with Gasteiger partial charge in [0.1, 0.15) is 0 Å². The fourth-order valence-electron chi connectivity index (χ4n) is 1.79. The van der Waals surface area contributed by atoms with Crippen molar-refractivity contribution in [1.29, 1.82) is 0 Å². The van der Waals surface area contributed by atoms with E-state index in [2.05, 4.69) is 0 Å². The predicted molar refractivity (Wildman–Crippen MR) is 81.7 cm³/mol. The van der Waals surface area contributed by atoms with Crippen molar-refractivity contribution < 1.29 is 29.4 Å². The highest BCUT2D eigenvalue weighted by Crippen LogP contribution is 2.22. The molecule has 0 saturated carbocycles. The van der Waals surface area contributed by atoms with Gasteiger partial charge in [0.15, 0.2) is 0 Å². The molecule has 0 spiro atoms. The van der Waals surface area contributed by atoms with Gasteiger partial charge in [0, 0.05) is 27.3 Å². The topological polar surface area (TPSA) is 64.6 Å². The second kappa shape index (κ2) is 7.18. The van der Waals surface area contributed by atoms with Gasteiger partial charge in [-0.25, -0.2) is 0 Å². The molecule has 7 nitrogen and oxygen atoms in total. The maximum atomic E-state index is 5.99. The molecular formula is C7H24O7Si5. The van der Waals surface area contributed by atoms with Crippen LogP contribution in [0.1, 0.15) is 0 Å². The molecule has 0 aromatic heterocycles. The summed E-state index contributed by atoms with van der Waals surface area (Å²) in [7, 11) is -7.79. The Morgan fingerprint density at radius 2 is 1.11 bits per heavy atom. The fourth-order valence-corrected chi connectivity index (χ4v) is 18.6. The molecule has 0 N–H and O–H groups in total. The van der Waals surface area contributed by atoms with Crippen LogP contribution >= 0.6 is 0 Å². The van der Waals surface area contributed by atoms with E-state index in [1.54, 1.807) is 14.2 Å². The van der Waals surface area contributed by atoms with Crippen LogP contribution in [0.15, 0.2) is 0 Å². The Kier molecular flexibility index (Phi) is 6.75. The van der Waals surface area contributed by atoms with Gasteiger partial charge in [-0.1, -0.05) is 0 Å². The van der Waals surface area contributed by atoms with Crippen LogP contribution in [0.25, 0.3) is 0 Å². The third kappa shape index (κ3) is 5.60. The Hall–Kier alpha value is 0.804. The number of rotatable bonds is 2.